The molecule has 2 unspecified atom stereocenters. The SMILES string of the molecule is CCCCCc1ccc(O)c2c1C[C@@H]1C[C@@H]3[C@@H](N(C)C)C(=O)C(C(N)=O)C(=O)[C@]3(O)C(=O)C1C2=O. The van der Waals surface area contributed by atoms with Crippen molar-refractivity contribution in [3.05, 3.63) is 28.8 Å². The van der Waals surface area contributed by atoms with Gasteiger partial charge >= 0.3 is 0 Å². The molecule has 1 amide bonds. The smallest absolute Gasteiger partial charge is 0.235 e. The van der Waals surface area contributed by atoms with Gasteiger partial charge in [0.2, 0.25) is 5.91 Å². The topological polar surface area (TPSA) is 155 Å². The number of aromatic hydroxyl groups is 1. The van der Waals surface area contributed by atoms with E-state index in [0.29, 0.717) is 12.0 Å². The average molecular weight is 485 g/mol. The molecule has 9 heteroatoms. The van der Waals surface area contributed by atoms with Crippen molar-refractivity contribution in [2.45, 2.75) is 57.1 Å². The van der Waals surface area contributed by atoms with Gasteiger partial charge in [-0.15, -0.1) is 0 Å². The summed E-state index contributed by atoms with van der Waals surface area (Å²) >= 11 is 0. The molecule has 35 heavy (non-hydrogen) atoms. The van der Waals surface area contributed by atoms with Gasteiger partial charge in [0.25, 0.3) is 0 Å². The first-order valence-electron chi connectivity index (χ1n) is 12.1. The quantitative estimate of drug-likeness (QED) is 0.392. The molecular weight excluding hydrogens is 452 g/mol. The number of Topliss-reactive ketones (excluding diaryl/α,β-unsaturated/α-hetero) is 4. The minimum atomic E-state index is -2.69. The van der Waals surface area contributed by atoms with Gasteiger partial charge in [-0.3, -0.25) is 28.9 Å². The number of benzene rings is 1. The summed E-state index contributed by atoms with van der Waals surface area (Å²) in [6, 6.07) is 2.15. The first kappa shape index (κ1) is 25.2. The summed E-state index contributed by atoms with van der Waals surface area (Å²) in [5.74, 6) is -10.1. The number of amides is 1. The molecule has 3 aliphatic carbocycles. The number of fused-ring (bicyclic) bond motifs is 3. The third-order valence-corrected chi connectivity index (χ3v) is 8.09. The standard InChI is InChI=1S/C26H32N2O7/c1-4-5-6-7-12-8-9-16(29)18-14(12)10-13-11-15-20(28(2)3)22(31)19(25(27)34)24(33)26(15,35)23(32)17(13)21(18)30/h8-9,13,15,17,19-20,29,35H,4-7,10-11H2,1-3H3,(H2,27,34)/t13-,15-,17?,19?,20-,26-/m1/s1. The van der Waals surface area contributed by atoms with Crippen LogP contribution in [0, 0.1) is 23.7 Å². The van der Waals surface area contributed by atoms with Gasteiger partial charge in [0.15, 0.2) is 34.7 Å². The number of unbranched alkanes of at least 4 members (excludes halogenated alkanes) is 2. The number of ketones is 4. The fourth-order valence-corrected chi connectivity index (χ4v) is 6.47. The molecule has 4 rings (SSSR count). The molecule has 1 aromatic rings. The molecule has 188 valence electrons. The minimum Gasteiger partial charge on any atom is -0.507 e. The van der Waals surface area contributed by atoms with Gasteiger partial charge in [-0.25, -0.2) is 0 Å². The lowest BCUT2D eigenvalue weighted by molar-refractivity contribution is -0.181. The number of nitrogens with zero attached hydrogens (tertiary/aromatic N) is 1. The first-order chi connectivity index (χ1) is 16.5. The fourth-order valence-electron chi connectivity index (χ4n) is 6.47. The van der Waals surface area contributed by atoms with Crippen LogP contribution in [0.5, 0.6) is 5.75 Å². The predicted octanol–water partition coefficient (Wildman–Crippen LogP) is 0.600. The largest absolute Gasteiger partial charge is 0.507 e. The summed E-state index contributed by atoms with van der Waals surface area (Å²) in [7, 11) is 3.14. The minimum absolute atomic E-state index is 0.0607. The van der Waals surface area contributed by atoms with E-state index in [0.717, 1.165) is 31.2 Å². The molecule has 2 fully saturated rings. The lowest BCUT2D eigenvalue weighted by Crippen LogP contribution is -2.74. The van der Waals surface area contributed by atoms with Crippen molar-refractivity contribution in [3.8, 4) is 5.75 Å². The van der Waals surface area contributed by atoms with Crippen LogP contribution in [0.1, 0.15) is 54.1 Å². The van der Waals surface area contributed by atoms with Crippen molar-refractivity contribution in [3.63, 3.8) is 0 Å². The van der Waals surface area contributed by atoms with Crippen molar-refractivity contribution in [2.75, 3.05) is 14.1 Å². The number of primary amides is 1. The molecule has 6 atom stereocenters. The number of carbonyl (C=O) groups excluding carboxylic acids is 5. The van der Waals surface area contributed by atoms with Gasteiger partial charge in [-0.2, -0.15) is 0 Å². The summed E-state index contributed by atoms with van der Waals surface area (Å²) in [6.07, 6.45) is 4.05. The van der Waals surface area contributed by atoms with Gasteiger partial charge in [0.05, 0.1) is 17.5 Å². The molecule has 0 saturated heterocycles. The number of phenols is 1. The Hall–Kier alpha value is -2.91. The lowest BCUT2D eigenvalue weighted by atomic mass is 9.52. The van der Waals surface area contributed by atoms with E-state index in [2.05, 4.69) is 6.92 Å². The van der Waals surface area contributed by atoms with Gasteiger partial charge < -0.3 is 15.9 Å². The third kappa shape index (κ3) is 3.63. The Labute approximate surface area is 203 Å². The highest BCUT2D eigenvalue weighted by Crippen LogP contribution is 2.51. The number of carbonyl (C=O) groups is 5. The van der Waals surface area contributed by atoms with Crippen LogP contribution in [0.4, 0.5) is 0 Å². The molecule has 4 N–H and O–H groups in total. The van der Waals surface area contributed by atoms with Crippen LogP contribution >= 0.6 is 0 Å². The Morgan fingerprint density at radius 2 is 1.83 bits per heavy atom. The van der Waals surface area contributed by atoms with Gasteiger partial charge in [0.1, 0.15) is 5.75 Å². The summed E-state index contributed by atoms with van der Waals surface area (Å²) in [5.41, 5.74) is 4.32. The lowest BCUT2D eigenvalue weighted by Gasteiger charge is -2.52. The number of likely N-dealkylation sites (N-methyl/N-ethyl adjacent to an activating group) is 1. The highest BCUT2D eigenvalue weighted by Gasteiger charge is 2.69. The number of hydrogen-bond donors (Lipinski definition) is 3. The summed E-state index contributed by atoms with van der Waals surface area (Å²) in [6.45, 7) is 2.09. The van der Waals surface area contributed by atoms with E-state index in [1.165, 1.54) is 11.0 Å². The van der Waals surface area contributed by atoms with Crippen LogP contribution in [0.3, 0.4) is 0 Å². The molecular formula is C26H32N2O7. The second-order valence-electron chi connectivity index (χ2n) is 10.3. The maximum absolute atomic E-state index is 13.7. The summed E-state index contributed by atoms with van der Waals surface area (Å²) in [4.78, 5) is 67.2. The molecule has 0 spiro atoms. The van der Waals surface area contributed by atoms with E-state index in [4.69, 9.17) is 5.73 Å². The number of rotatable bonds is 6. The maximum Gasteiger partial charge on any atom is 0.235 e. The van der Waals surface area contributed by atoms with E-state index in [1.54, 1.807) is 20.2 Å². The number of aryl methyl sites for hydroxylation is 1. The van der Waals surface area contributed by atoms with Crippen LogP contribution < -0.4 is 5.73 Å². The Bertz CT molecular complexity index is 1130. The first-order valence-corrected chi connectivity index (χ1v) is 12.1. The number of phenolic OH excluding ortho intramolecular Hbond substituents is 1. The van der Waals surface area contributed by atoms with E-state index < -0.39 is 64.4 Å². The average Bonchev–Trinajstić information content (AvgIpc) is 2.77. The third-order valence-electron chi connectivity index (χ3n) is 8.09. The van der Waals surface area contributed by atoms with Crippen molar-refractivity contribution >= 4 is 29.0 Å². The zero-order valence-corrected chi connectivity index (χ0v) is 20.2. The monoisotopic (exact) mass is 484 g/mol. The van der Waals surface area contributed by atoms with Crippen molar-refractivity contribution in [2.24, 2.45) is 29.4 Å². The highest BCUT2D eigenvalue weighted by molar-refractivity contribution is 6.32. The zero-order chi connectivity index (χ0) is 25.8. The fraction of sp³-hybridized carbons (Fsp3) is 0.577. The number of hydrogen-bond acceptors (Lipinski definition) is 8. The summed E-state index contributed by atoms with van der Waals surface area (Å²) in [5, 5.41) is 22.1. The molecule has 3 aliphatic rings. The predicted molar refractivity (Wildman–Crippen MR) is 125 cm³/mol. The molecule has 1 aromatic carbocycles. The van der Waals surface area contributed by atoms with E-state index in [-0.39, 0.29) is 17.7 Å². The normalized spacial score (nSPS) is 32.3. The molecule has 0 aromatic heterocycles. The second kappa shape index (κ2) is 8.95. The summed E-state index contributed by atoms with van der Waals surface area (Å²) < 4.78 is 0. The molecule has 2 saturated carbocycles. The molecule has 0 bridgehead atoms. The molecule has 0 heterocycles. The van der Waals surface area contributed by atoms with Gasteiger partial charge in [0, 0.05) is 5.92 Å². The van der Waals surface area contributed by atoms with E-state index >= 15 is 0 Å². The Morgan fingerprint density at radius 1 is 1.14 bits per heavy atom. The Morgan fingerprint density at radius 3 is 2.43 bits per heavy atom. The van der Waals surface area contributed by atoms with Gasteiger partial charge in [-0.1, -0.05) is 25.8 Å². The Kier molecular flexibility index (Phi) is 6.44. The second-order valence-corrected chi connectivity index (χ2v) is 10.3. The van der Waals surface area contributed by atoms with E-state index in [9.17, 15) is 34.2 Å². The van der Waals surface area contributed by atoms with Crippen LogP contribution in [-0.4, -0.2) is 69.9 Å². The molecule has 9 nitrogen and oxygen atoms in total. The molecule has 0 aliphatic heterocycles. The highest BCUT2D eigenvalue weighted by atomic mass is 16.3. The number of nitrogens with two attached hydrogens (primary N) is 1. The van der Waals surface area contributed by atoms with Crippen LogP contribution in [0.25, 0.3) is 0 Å². The maximum atomic E-state index is 13.7. The number of aliphatic hydroxyl groups is 1. The van der Waals surface area contributed by atoms with Crippen molar-refractivity contribution in [1.82, 2.24) is 4.90 Å². The van der Waals surface area contributed by atoms with Gasteiger partial charge in [-0.05, 0) is 62.9 Å². The zero-order valence-electron chi connectivity index (χ0n) is 20.2. The van der Waals surface area contributed by atoms with Crippen LogP contribution in [0.15, 0.2) is 12.1 Å². The van der Waals surface area contributed by atoms with E-state index in [1.807, 2.05) is 0 Å². The van der Waals surface area contributed by atoms with Crippen LogP contribution in [-0.2, 0) is 32.0 Å². The van der Waals surface area contributed by atoms with Crippen LogP contribution in [0.2, 0.25) is 0 Å². The van der Waals surface area contributed by atoms with Crippen molar-refractivity contribution in [1.29, 1.82) is 0 Å². The van der Waals surface area contributed by atoms with Crippen molar-refractivity contribution < 1.29 is 34.2 Å². The molecule has 0 radical (unpaired) electrons. The Balaban J connectivity index is 1.81.